The number of rotatable bonds is 7. The number of Topliss-reactive ketones (excluding diaryl/α,β-unsaturated/α-hetero) is 1. The first-order valence-corrected chi connectivity index (χ1v) is 11.7. The lowest BCUT2D eigenvalue weighted by Gasteiger charge is -2.26. The van der Waals surface area contributed by atoms with E-state index in [1.54, 1.807) is 31.4 Å². The van der Waals surface area contributed by atoms with E-state index in [9.17, 15) is 14.7 Å². The second-order valence-electron chi connectivity index (χ2n) is 8.61. The van der Waals surface area contributed by atoms with E-state index in [4.69, 9.17) is 21.1 Å². The zero-order chi connectivity index (χ0) is 26.0. The number of amides is 1. The van der Waals surface area contributed by atoms with Gasteiger partial charge < -0.3 is 24.4 Å². The van der Waals surface area contributed by atoms with Crippen molar-refractivity contribution >= 4 is 34.7 Å². The third-order valence-electron chi connectivity index (χ3n) is 6.19. The fourth-order valence-electron chi connectivity index (χ4n) is 4.28. The predicted molar refractivity (Wildman–Crippen MR) is 140 cm³/mol. The average Bonchev–Trinajstić information content (AvgIpc) is 3.13. The van der Waals surface area contributed by atoms with E-state index in [2.05, 4.69) is 0 Å². The van der Waals surface area contributed by atoms with Crippen molar-refractivity contribution in [3.8, 4) is 11.5 Å². The Labute approximate surface area is 215 Å². The van der Waals surface area contributed by atoms with Crippen LogP contribution in [0.3, 0.4) is 0 Å². The maximum Gasteiger partial charge on any atom is 0.295 e. The SMILES string of the molecule is COc1ccc(CN2C(=O)C(=O)/C(=C(/O)c3cc(Cl)ccc3OC)C2c2ccc(N(C)C)cc2)cc1. The lowest BCUT2D eigenvalue weighted by Crippen LogP contribution is -2.29. The molecule has 1 aliphatic heterocycles. The molecule has 0 radical (unpaired) electrons. The van der Waals surface area contributed by atoms with Crippen molar-refractivity contribution in [2.24, 2.45) is 0 Å². The molecule has 36 heavy (non-hydrogen) atoms. The topological polar surface area (TPSA) is 79.3 Å². The van der Waals surface area contributed by atoms with Gasteiger partial charge in [0, 0.05) is 31.4 Å². The van der Waals surface area contributed by atoms with Crippen LogP contribution in [0, 0.1) is 0 Å². The van der Waals surface area contributed by atoms with E-state index in [0.717, 1.165) is 11.3 Å². The first-order valence-electron chi connectivity index (χ1n) is 11.3. The minimum atomic E-state index is -0.813. The highest BCUT2D eigenvalue weighted by Gasteiger charge is 2.46. The van der Waals surface area contributed by atoms with Crippen molar-refractivity contribution in [1.82, 2.24) is 4.90 Å². The highest BCUT2D eigenvalue weighted by Crippen LogP contribution is 2.42. The molecule has 1 atom stereocenters. The number of carbonyl (C=O) groups is 2. The van der Waals surface area contributed by atoms with Gasteiger partial charge in [-0.3, -0.25) is 9.59 Å². The van der Waals surface area contributed by atoms with Crippen molar-refractivity contribution in [3.63, 3.8) is 0 Å². The molecule has 3 aromatic rings. The number of aliphatic hydroxyl groups is 1. The van der Waals surface area contributed by atoms with Gasteiger partial charge in [0.05, 0.1) is 31.4 Å². The van der Waals surface area contributed by atoms with E-state index >= 15 is 0 Å². The molecule has 3 aromatic carbocycles. The van der Waals surface area contributed by atoms with Gasteiger partial charge in [-0.05, 0) is 53.6 Å². The van der Waals surface area contributed by atoms with Crippen LogP contribution in [-0.2, 0) is 16.1 Å². The highest BCUT2D eigenvalue weighted by atomic mass is 35.5. The smallest absolute Gasteiger partial charge is 0.295 e. The third kappa shape index (κ3) is 4.75. The number of benzene rings is 3. The van der Waals surface area contributed by atoms with Gasteiger partial charge in [0.1, 0.15) is 17.3 Å². The molecule has 1 heterocycles. The summed E-state index contributed by atoms with van der Waals surface area (Å²) in [5.41, 5.74) is 2.68. The van der Waals surface area contributed by atoms with Crippen LogP contribution in [0.15, 0.2) is 72.3 Å². The van der Waals surface area contributed by atoms with Crippen molar-refractivity contribution in [1.29, 1.82) is 0 Å². The van der Waals surface area contributed by atoms with Gasteiger partial charge in [-0.25, -0.2) is 0 Å². The molecule has 7 nitrogen and oxygen atoms in total. The van der Waals surface area contributed by atoms with Crippen LogP contribution in [0.5, 0.6) is 11.5 Å². The summed E-state index contributed by atoms with van der Waals surface area (Å²) in [5, 5.41) is 11.7. The molecule has 0 aliphatic carbocycles. The second-order valence-corrected chi connectivity index (χ2v) is 9.04. The van der Waals surface area contributed by atoms with E-state index in [1.165, 1.54) is 18.1 Å². The van der Waals surface area contributed by atoms with Crippen molar-refractivity contribution in [3.05, 3.63) is 94.0 Å². The summed E-state index contributed by atoms with van der Waals surface area (Å²) >= 11 is 6.18. The highest BCUT2D eigenvalue weighted by molar-refractivity contribution is 6.46. The molecule has 0 aromatic heterocycles. The largest absolute Gasteiger partial charge is 0.507 e. The fraction of sp³-hybridized carbons (Fsp3) is 0.214. The van der Waals surface area contributed by atoms with E-state index in [0.29, 0.717) is 22.1 Å². The number of halogens is 1. The van der Waals surface area contributed by atoms with Crippen molar-refractivity contribution < 1.29 is 24.2 Å². The molecule has 0 bridgehead atoms. The van der Waals surface area contributed by atoms with E-state index in [-0.39, 0.29) is 23.4 Å². The van der Waals surface area contributed by atoms with E-state index in [1.807, 2.05) is 55.4 Å². The summed E-state index contributed by atoms with van der Waals surface area (Å²) < 4.78 is 10.6. The molecule has 1 aliphatic rings. The number of ketones is 1. The molecular formula is C28H27ClN2O5. The van der Waals surface area contributed by atoms with Crippen LogP contribution < -0.4 is 14.4 Å². The van der Waals surface area contributed by atoms with Gasteiger partial charge in [-0.2, -0.15) is 0 Å². The van der Waals surface area contributed by atoms with Crippen LogP contribution in [0.4, 0.5) is 5.69 Å². The number of hydrogen-bond donors (Lipinski definition) is 1. The Balaban J connectivity index is 1.87. The molecule has 0 saturated carbocycles. The monoisotopic (exact) mass is 506 g/mol. The summed E-state index contributed by atoms with van der Waals surface area (Å²) in [5.74, 6) is -0.795. The lowest BCUT2D eigenvalue weighted by atomic mass is 9.94. The molecule has 1 saturated heterocycles. The van der Waals surface area contributed by atoms with Gasteiger partial charge in [-0.15, -0.1) is 0 Å². The summed E-state index contributed by atoms with van der Waals surface area (Å²) in [6.45, 7) is 0.165. The number of aliphatic hydroxyl groups excluding tert-OH is 1. The Morgan fingerprint density at radius 3 is 2.22 bits per heavy atom. The zero-order valence-electron chi connectivity index (χ0n) is 20.5. The quantitative estimate of drug-likeness (QED) is 0.274. The van der Waals surface area contributed by atoms with Crippen molar-refractivity contribution in [2.45, 2.75) is 12.6 Å². The van der Waals surface area contributed by atoms with Gasteiger partial charge in [0.15, 0.2) is 0 Å². The van der Waals surface area contributed by atoms with Gasteiger partial charge >= 0.3 is 0 Å². The predicted octanol–water partition coefficient (Wildman–Crippen LogP) is 5.05. The number of hydrogen-bond acceptors (Lipinski definition) is 6. The third-order valence-corrected chi connectivity index (χ3v) is 6.43. The lowest BCUT2D eigenvalue weighted by molar-refractivity contribution is -0.140. The first kappa shape index (κ1) is 25.1. The maximum absolute atomic E-state index is 13.4. The molecule has 186 valence electrons. The minimum Gasteiger partial charge on any atom is -0.507 e. The Morgan fingerprint density at radius 1 is 0.972 bits per heavy atom. The van der Waals surface area contributed by atoms with Gasteiger partial charge in [0.25, 0.3) is 11.7 Å². The Bertz CT molecular complexity index is 1320. The first-order chi connectivity index (χ1) is 17.2. The molecule has 0 spiro atoms. The van der Waals surface area contributed by atoms with Gasteiger partial charge in [-0.1, -0.05) is 35.9 Å². The minimum absolute atomic E-state index is 0.0216. The number of nitrogens with zero attached hydrogens (tertiary/aromatic N) is 2. The summed E-state index contributed by atoms with van der Waals surface area (Å²) in [4.78, 5) is 30.1. The molecule has 1 N–H and O–H groups in total. The fourth-order valence-corrected chi connectivity index (χ4v) is 4.45. The molecular weight excluding hydrogens is 480 g/mol. The molecule has 8 heteroatoms. The van der Waals surface area contributed by atoms with Gasteiger partial charge in [0.2, 0.25) is 0 Å². The standard InChI is InChI=1S/C28H27ClN2O5/c1-30(2)20-10-7-18(8-11-20)25-24(26(32)22-15-19(29)9-14-23(22)36-4)27(33)28(34)31(25)16-17-5-12-21(35-3)13-6-17/h5-15,25,32H,16H2,1-4H3/b26-24+. The molecule has 1 fully saturated rings. The number of methoxy groups -OCH3 is 2. The number of ether oxygens (including phenoxy) is 2. The number of anilines is 1. The molecule has 1 unspecified atom stereocenters. The zero-order valence-corrected chi connectivity index (χ0v) is 21.2. The van der Waals surface area contributed by atoms with Crippen LogP contribution in [0.1, 0.15) is 22.7 Å². The second kappa shape index (κ2) is 10.3. The average molecular weight is 507 g/mol. The van der Waals surface area contributed by atoms with Crippen LogP contribution in [0.2, 0.25) is 5.02 Å². The summed E-state index contributed by atoms with van der Waals surface area (Å²) in [6.07, 6.45) is 0. The Kier molecular flexibility index (Phi) is 7.22. The summed E-state index contributed by atoms with van der Waals surface area (Å²) in [6, 6.07) is 18.7. The van der Waals surface area contributed by atoms with E-state index < -0.39 is 17.7 Å². The van der Waals surface area contributed by atoms with Crippen LogP contribution in [-0.4, -0.2) is 50.0 Å². The number of carbonyl (C=O) groups excluding carboxylic acids is 2. The van der Waals surface area contributed by atoms with Crippen molar-refractivity contribution in [2.75, 3.05) is 33.2 Å². The Hall–Kier alpha value is -3.97. The maximum atomic E-state index is 13.4. The normalized spacial score (nSPS) is 16.8. The number of likely N-dealkylation sites (tertiary alicyclic amines) is 1. The molecule has 1 amide bonds. The molecule has 4 rings (SSSR count). The van der Waals surface area contributed by atoms with Crippen LogP contribution >= 0.6 is 11.6 Å². The Morgan fingerprint density at radius 2 is 1.64 bits per heavy atom. The summed E-state index contributed by atoms with van der Waals surface area (Å²) in [7, 11) is 6.89. The van der Waals surface area contributed by atoms with Crippen LogP contribution in [0.25, 0.3) is 5.76 Å².